The summed E-state index contributed by atoms with van der Waals surface area (Å²) in [6, 6.07) is 10.4. The summed E-state index contributed by atoms with van der Waals surface area (Å²) in [5.41, 5.74) is 1.29. The molecule has 7 heteroatoms. The number of hydrogen-bond donors (Lipinski definition) is 0. The molecule has 0 N–H and O–H groups in total. The first-order chi connectivity index (χ1) is 10.8. The van der Waals surface area contributed by atoms with Crippen LogP contribution in [0.1, 0.15) is 5.56 Å². The van der Waals surface area contributed by atoms with E-state index in [9.17, 15) is 0 Å². The molecule has 0 unspecified atom stereocenters. The summed E-state index contributed by atoms with van der Waals surface area (Å²) in [6.45, 7) is 6.41. The standard InChI is InChI=1S/C15H22N6S/c1-19-7-9-20(10-8-19)11-12-21-15(16-17-18-21)22-13-14-5-3-2-4-6-14/h2-6H,7-13H2,1H3. The molecule has 1 aliphatic rings. The number of aromatic nitrogens is 4. The average Bonchev–Trinajstić information content (AvgIpc) is 3.01. The summed E-state index contributed by atoms with van der Waals surface area (Å²) in [4.78, 5) is 4.85. The van der Waals surface area contributed by atoms with Gasteiger partial charge in [0.1, 0.15) is 0 Å². The smallest absolute Gasteiger partial charge is 0.209 e. The van der Waals surface area contributed by atoms with Crippen molar-refractivity contribution in [3.8, 4) is 0 Å². The zero-order valence-electron chi connectivity index (χ0n) is 12.9. The second kappa shape index (κ2) is 7.71. The highest BCUT2D eigenvalue weighted by Crippen LogP contribution is 2.19. The van der Waals surface area contributed by atoms with E-state index in [4.69, 9.17) is 0 Å². The van der Waals surface area contributed by atoms with Crippen LogP contribution in [0, 0.1) is 0 Å². The largest absolute Gasteiger partial charge is 0.304 e. The number of thioether (sulfide) groups is 1. The Kier molecular flexibility index (Phi) is 5.42. The van der Waals surface area contributed by atoms with E-state index >= 15 is 0 Å². The van der Waals surface area contributed by atoms with Crippen LogP contribution in [0.4, 0.5) is 0 Å². The van der Waals surface area contributed by atoms with Crippen LogP contribution in [-0.4, -0.2) is 69.8 Å². The molecule has 118 valence electrons. The average molecular weight is 318 g/mol. The molecule has 1 fully saturated rings. The predicted molar refractivity (Wildman–Crippen MR) is 87.8 cm³/mol. The van der Waals surface area contributed by atoms with Crippen molar-refractivity contribution < 1.29 is 0 Å². The van der Waals surface area contributed by atoms with Crippen LogP contribution in [0.2, 0.25) is 0 Å². The van der Waals surface area contributed by atoms with Crippen LogP contribution in [-0.2, 0) is 12.3 Å². The van der Waals surface area contributed by atoms with E-state index in [1.165, 1.54) is 5.56 Å². The van der Waals surface area contributed by atoms with Crippen molar-refractivity contribution in [2.45, 2.75) is 17.5 Å². The fourth-order valence-corrected chi connectivity index (χ4v) is 3.33. The lowest BCUT2D eigenvalue weighted by atomic mass is 10.2. The lowest BCUT2D eigenvalue weighted by Gasteiger charge is -2.32. The Hall–Kier alpha value is -1.44. The van der Waals surface area contributed by atoms with Gasteiger partial charge in [-0.3, -0.25) is 4.90 Å². The molecule has 0 bridgehead atoms. The van der Waals surface area contributed by atoms with Gasteiger partial charge in [-0.25, -0.2) is 4.68 Å². The molecule has 1 aliphatic heterocycles. The van der Waals surface area contributed by atoms with Gasteiger partial charge in [0, 0.05) is 38.5 Å². The molecule has 22 heavy (non-hydrogen) atoms. The Morgan fingerprint density at radius 3 is 2.59 bits per heavy atom. The Bertz CT molecular complexity index is 564. The van der Waals surface area contributed by atoms with Gasteiger partial charge >= 0.3 is 0 Å². The van der Waals surface area contributed by atoms with Gasteiger partial charge in [0.2, 0.25) is 5.16 Å². The molecule has 0 radical (unpaired) electrons. The highest BCUT2D eigenvalue weighted by molar-refractivity contribution is 7.98. The van der Waals surface area contributed by atoms with E-state index in [2.05, 4.69) is 56.6 Å². The van der Waals surface area contributed by atoms with Crippen LogP contribution in [0.5, 0.6) is 0 Å². The van der Waals surface area contributed by atoms with E-state index in [-0.39, 0.29) is 0 Å². The zero-order chi connectivity index (χ0) is 15.2. The first-order valence-corrected chi connectivity index (χ1v) is 8.63. The fourth-order valence-electron chi connectivity index (χ4n) is 2.47. The number of hydrogen-bond acceptors (Lipinski definition) is 6. The van der Waals surface area contributed by atoms with Gasteiger partial charge in [0.05, 0.1) is 6.54 Å². The molecule has 0 saturated carbocycles. The topological polar surface area (TPSA) is 50.1 Å². The summed E-state index contributed by atoms with van der Waals surface area (Å²) in [5.74, 6) is 0.899. The molecule has 0 atom stereocenters. The number of rotatable bonds is 6. The van der Waals surface area contributed by atoms with Crippen LogP contribution < -0.4 is 0 Å². The Morgan fingerprint density at radius 2 is 1.82 bits per heavy atom. The second-order valence-corrected chi connectivity index (χ2v) is 6.55. The summed E-state index contributed by atoms with van der Waals surface area (Å²) >= 11 is 1.69. The van der Waals surface area contributed by atoms with Crippen LogP contribution in [0.3, 0.4) is 0 Å². The van der Waals surface area contributed by atoms with Gasteiger partial charge in [0.15, 0.2) is 0 Å². The number of benzene rings is 1. The highest BCUT2D eigenvalue weighted by Gasteiger charge is 2.14. The summed E-state index contributed by atoms with van der Waals surface area (Å²) in [5, 5.41) is 13.0. The summed E-state index contributed by atoms with van der Waals surface area (Å²) in [6.07, 6.45) is 0. The third kappa shape index (κ3) is 4.28. The minimum absolute atomic E-state index is 0.855. The normalized spacial score (nSPS) is 17.0. The van der Waals surface area contributed by atoms with Gasteiger partial charge in [-0.05, 0) is 23.0 Å². The van der Waals surface area contributed by atoms with E-state index in [0.29, 0.717) is 0 Å². The SMILES string of the molecule is CN1CCN(CCn2nnnc2SCc2ccccc2)CC1. The van der Waals surface area contributed by atoms with Crippen molar-refractivity contribution in [2.24, 2.45) is 0 Å². The van der Waals surface area contributed by atoms with Crippen molar-refractivity contribution in [2.75, 3.05) is 39.8 Å². The molecule has 2 heterocycles. The Balaban J connectivity index is 1.49. The second-order valence-electron chi connectivity index (χ2n) is 5.60. The van der Waals surface area contributed by atoms with E-state index in [1.54, 1.807) is 11.8 Å². The minimum atomic E-state index is 0.855. The molecule has 2 aromatic rings. The Labute approximate surface area is 135 Å². The van der Waals surface area contributed by atoms with Crippen LogP contribution in [0.15, 0.2) is 35.5 Å². The maximum atomic E-state index is 4.15. The predicted octanol–water partition coefficient (Wildman–Crippen LogP) is 1.21. The molecule has 1 aromatic carbocycles. The molecule has 3 rings (SSSR count). The number of piperazine rings is 1. The first kappa shape index (κ1) is 15.5. The van der Waals surface area contributed by atoms with Crippen molar-refractivity contribution in [3.63, 3.8) is 0 Å². The summed E-state index contributed by atoms with van der Waals surface area (Å²) < 4.78 is 1.92. The molecule has 0 aliphatic carbocycles. The number of tetrazole rings is 1. The third-order valence-corrected chi connectivity index (χ3v) is 4.96. The number of nitrogens with zero attached hydrogens (tertiary/aromatic N) is 6. The van der Waals surface area contributed by atoms with Gasteiger partial charge < -0.3 is 4.90 Å². The zero-order valence-corrected chi connectivity index (χ0v) is 13.7. The van der Waals surface area contributed by atoms with Gasteiger partial charge in [-0.1, -0.05) is 42.1 Å². The van der Waals surface area contributed by atoms with Crippen LogP contribution >= 0.6 is 11.8 Å². The van der Waals surface area contributed by atoms with Crippen molar-refractivity contribution in [3.05, 3.63) is 35.9 Å². The van der Waals surface area contributed by atoms with E-state index in [1.807, 2.05) is 10.7 Å². The monoisotopic (exact) mass is 318 g/mol. The first-order valence-electron chi connectivity index (χ1n) is 7.65. The maximum absolute atomic E-state index is 4.15. The lowest BCUT2D eigenvalue weighted by Crippen LogP contribution is -2.45. The molecule has 1 saturated heterocycles. The van der Waals surface area contributed by atoms with Crippen LogP contribution in [0.25, 0.3) is 0 Å². The third-order valence-electron chi connectivity index (χ3n) is 3.93. The fraction of sp³-hybridized carbons (Fsp3) is 0.533. The van der Waals surface area contributed by atoms with Gasteiger partial charge in [0.25, 0.3) is 0 Å². The van der Waals surface area contributed by atoms with Crippen molar-refractivity contribution >= 4 is 11.8 Å². The molecule has 0 spiro atoms. The molecular weight excluding hydrogens is 296 g/mol. The molecule has 6 nitrogen and oxygen atoms in total. The lowest BCUT2D eigenvalue weighted by molar-refractivity contribution is 0.147. The molecule has 1 aromatic heterocycles. The number of likely N-dealkylation sites (N-methyl/N-ethyl adjacent to an activating group) is 1. The maximum Gasteiger partial charge on any atom is 0.209 e. The van der Waals surface area contributed by atoms with Gasteiger partial charge in [-0.2, -0.15) is 0 Å². The Morgan fingerprint density at radius 1 is 1.05 bits per heavy atom. The molecular formula is C15H22N6S. The quantitative estimate of drug-likeness (QED) is 0.746. The van der Waals surface area contributed by atoms with E-state index in [0.717, 1.165) is 50.2 Å². The van der Waals surface area contributed by atoms with Gasteiger partial charge in [-0.15, -0.1) is 5.10 Å². The minimum Gasteiger partial charge on any atom is -0.304 e. The summed E-state index contributed by atoms with van der Waals surface area (Å²) in [7, 11) is 2.18. The van der Waals surface area contributed by atoms with Crippen molar-refractivity contribution in [1.82, 2.24) is 30.0 Å². The van der Waals surface area contributed by atoms with E-state index < -0.39 is 0 Å². The highest BCUT2D eigenvalue weighted by atomic mass is 32.2. The van der Waals surface area contributed by atoms with Crippen molar-refractivity contribution in [1.29, 1.82) is 0 Å². The molecule has 0 amide bonds.